The summed E-state index contributed by atoms with van der Waals surface area (Å²) in [6.45, 7) is 0.182. The number of rotatable bonds is 4. The summed E-state index contributed by atoms with van der Waals surface area (Å²) in [4.78, 5) is 0. The van der Waals surface area contributed by atoms with E-state index in [4.69, 9.17) is 27.9 Å². The second kappa shape index (κ2) is 6.11. The average molecular weight is 321 g/mol. The zero-order valence-electron chi connectivity index (χ0n) is 10.8. The maximum absolute atomic E-state index is 6.07. The lowest BCUT2D eigenvalue weighted by molar-refractivity contribution is 0.292. The van der Waals surface area contributed by atoms with Crippen LogP contribution in [0.1, 0.15) is 5.82 Å². The van der Waals surface area contributed by atoms with Gasteiger partial charge in [0.15, 0.2) is 5.82 Å². The smallest absolute Gasteiger partial charge is 0.194 e. The molecule has 0 saturated carbocycles. The van der Waals surface area contributed by atoms with Gasteiger partial charge in [-0.15, -0.1) is 5.10 Å². The molecule has 0 saturated heterocycles. The van der Waals surface area contributed by atoms with Crippen molar-refractivity contribution in [2.24, 2.45) is 0 Å². The number of halogens is 2. The summed E-state index contributed by atoms with van der Waals surface area (Å²) in [5.41, 5.74) is 0.860. The maximum atomic E-state index is 6.07. The number of ether oxygens (including phenoxy) is 1. The van der Waals surface area contributed by atoms with Gasteiger partial charge < -0.3 is 4.74 Å². The first-order chi connectivity index (χ1) is 10.3. The quantitative estimate of drug-likeness (QED) is 0.737. The first kappa shape index (κ1) is 13.9. The molecule has 1 heterocycles. The van der Waals surface area contributed by atoms with E-state index in [-0.39, 0.29) is 6.61 Å². The third-order valence-corrected chi connectivity index (χ3v) is 3.61. The van der Waals surface area contributed by atoms with Crippen molar-refractivity contribution in [2.75, 3.05) is 0 Å². The monoisotopic (exact) mass is 320 g/mol. The molecule has 0 fully saturated rings. The molecule has 0 unspecified atom stereocenters. The number of aromatic nitrogens is 4. The Morgan fingerprint density at radius 3 is 2.62 bits per heavy atom. The fraction of sp³-hybridized carbons (Fsp3) is 0.0714. The van der Waals surface area contributed by atoms with Crippen LogP contribution in [-0.2, 0) is 6.61 Å². The molecule has 3 aromatic rings. The summed E-state index contributed by atoms with van der Waals surface area (Å²) < 4.78 is 7.25. The van der Waals surface area contributed by atoms with Crippen LogP contribution in [0.5, 0.6) is 5.75 Å². The third-order valence-electron chi connectivity index (χ3n) is 2.81. The van der Waals surface area contributed by atoms with E-state index in [1.54, 1.807) is 22.9 Å². The lowest BCUT2D eigenvalue weighted by Crippen LogP contribution is -2.07. The Morgan fingerprint density at radius 1 is 1.00 bits per heavy atom. The molecule has 0 atom stereocenters. The van der Waals surface area contributed by atoms with Gasteiger partial charge in [-0.2, -0.15) is 4.68 Å². The third kappa shape index (κ3) is 2.99. The van der Waals surface area contributed by atoms with E-state index in [1.165, 1.54) is 0 Å². The standard InChI is InChI=1S/C14H10Cl2N4O/c15-11-7-4-8-12(14(11)16)21-9-13-17-18-19-20(13)10-5-2-1-3-6-10/h1-8H,9H2. The number of hydrogen-bond donors (Lipinski definition) is 0. The largest absolute Gasteiger partial charge is 0.484 e. The number of nitrogens with zero attached hydrogens (tertiary/aromatic N) is 4. The Morgan fingerprint density at radius 2 is 1.81 bits per heavy atom. The van der Waals surface area contributed by atoms with Crippen LogP contribution in [0.4, 0.5) is 0 Å². The van der Waals surface area contributed by atoms with E-state index in [1.807, 2.05) is 30.3 Å². The molecule has 5 nitrogen and oxygen atoms in total. The molecule has 0 spiro atoms. The van der Waals surface area contributed by atoms with Crippen LogP contribution >= 0.6 is 23.2 Å². The highest BCUT2D eigenvalue weighted by atomic mass is 35.5. The van der Waals surface area contributed by atoms with Gasteiger partial charge in [0.05, 0.1) is 10.7 Å². The van der Waals surface area contributed by atoms with Gasteiger partial charge in [0.2, 0.25) is 0 Å². The zero-order valence-corrected chi connectivity index (χ0v) is 12.3. The number of tetrazole rings is 1. The molecular formula is C14H10Cl2N4O. The Balaban J connectivity index is 1.81. The fourth-order valence-corrected chi connectivity index (χ4v) is 2.15. The molecule has 0 bridgehead atoms. The Kier molecular flexibility index (Phi) is 4.03. The summed E-state index contributed by atoms with van der Waals surface area (Å²) >= 11 is 12.0. The molecule has 0 N–H and O–H groups in total. The van der Waals surface area contributed by atoms with Crippen LogP contribution in [0.2, 0.25) is 10.0 Å². The van der Waals surface area contributed by atoms with E-state index in [9.17, 15) is 0 Å². The SMILES string of the molecule is Clc1cccc(OCc2nnnn2-c2ccccc2)c1Cl. The molecule has 21 heavy (non-hydrogen) atoms. The Bertz CT molecular complexity index is 746. The summed E-state index contributed by atoms with van der Waals surface area (Å²) in [6.07, 6.45) is 0. The highest BCUT2D eigenvalue weighted by Crippen LogP contribution is 2.31. The second-order valence-electron chi connectivity index (χ2n) is 4.18. The van der Waals surface area contributed by atoms with Crippen LogP contribution in [0.15, 0.2) is 48.5 Å². The molecule has 106 valence electrons. The minimum absolute atomic E-state index is 0.182. The van der Waals surface area contributed by atoms with Gasteiger partial charge in [-0.1, -0.05) is 47.5 Å². The average Bonchev–Trinajstić information content (AvgIpc) is 2.98. The van der Waals surface area contributed by atoms with Crippen molar-refractivity contribution in [1.82, 2.24) is 20.2 Å². The van der Waals surface area contributed by atoms with E-state index >= 15 is 0 Å². The minimum atomic E-state index is 0.182. The summed E-state index contributed by atoms with van der Waals surface area (Å²) in [5.74, 6) is 1.06. The predicted molar refractivity (Wildman–Crippen MR) is 79.9 cm³/mol. The van der Waals surface area contributed by atoms with Crippen molar-refractivity contribution in [3.05, 3.63) is 64.4 Å². The van der Waals surface area contributed by atoms with Crippen molar-refractivity contribution < 1.29 is 4.74 Å². The minimum Gasteiger partial charge on any atom is -0.484 e. The molecule has 7 heteroatoms. The molecule has 0 amide bonds. The van der Waals surface area contributed by atoms with E-state index < -0.39 is 0 Å². The van der Waals surface area contributed by atoms with Crippen LogP contribution in [0, 0.1) is 0 Å². The van der Waals surface area contributed by atoms with Crippen LogP contribution in [0.3, 0.4) is 0 Å². The zero-order chi connectivity index (χ0) is 14.7. The summed E-state index contributed by atoms with van der Waals surface area (Å²) in [7, 11) is 0. The molecule has 0 aliphatic carbocycles. The van der Waals surface area contributed by atoms with Crippen LogP contribution in [0.25, 0.3) is 5.69 Å². The van der Waals surface area contributed by atoms with Gasteiger partial charge in [-0.05, 0) is 34.7 Å². The van der Waals surface area contributed by atoms with E-state index in [0.29, 0.717) is 21.6 Å². The molecule has 0 radical (unpaired) electrons. The summed E-state index contributed by atoms with van der Waals surface area (Å²) in [6, 6.07) is 14.8. The van der Waals surface area contributed by atoms with Gasteiger partial charge in [0.25, 0.3) is 0 Å². The van der Waals surface area contributed by atoms with E-state index in [2.05, 4.69) is 15.5 Å². The lowest BCUT2D eigenvalue weighted by Gasteiger charge is -2.08. The lowest BCUT2D eigenvalue weighted by atomic mass is 10.3. The van der Waals surface area contributed by atoms with E-state index in [0.717, 1.165) is 5.69 Å². The Labute approximate surface area is 131 Å². The molecule has 0 aliphatic rings. The van der Waals surface area contributed by atoms with Gasteiger partial charge in [-0.25, -0.2) is 0 Å². The molecule has 2 aromatic carbocycles. The molecule has 3 rings (SSSR count). The summed E-state index contributed by atoms with van der Waals surface area (Å²) in [5, 5.41) is 12.4. The van der Waals surface area contributed by atoms with Crippen molar-refractivity contribution in [2.45, 2.75) is 6.61 Å². The van der Waals surface area contributed by atoms with Gasteiger partial charge in [0, 0.05) is 0 Å². The Hall–Kier alpha value is -2.11. The molecular weight excluding hydrogens is 311 g/mol. The van der Waals surface area contributed by atoms with Gasteiger partial charge >= 0.3 is 0 Å². The topological polar surface area (TPSA) is 52.8 Å². The molecule has 1 aromatic heterocycles. The van der Waals surface area contributed by atoms with Crippen molar-refractivity contribution in [3.8, 4) is 11.4 Å². The predicted octanol–water partition coefficient (Wildman–Crippen LogP) is 3.55. The van der Waals surface area contributed by atoms with Gasteiger partial charge in [0.1, 0.15) is 17.4 Å². The van der Waals surface area contributed by atoms with Crippen molar-refractivity contribution in [3.63, 3.8) is 0 Å². The number of para-hydroxylation sites is 1. The normalized spacial score (nSPS) is 10.6. The highest BCUT2D eigenvalue weighted by molar-refractivity contribution is 6.42. The molecule has 0 aliphatic heterocycles. The highest BCUT2D eigenvalue weighted by Gasteiger charge is 2.11. The first-order valence-electron chi connectivity index (χ1n) is 6.15. The number of hydrogen-bond acceptors (Lipinski definition) is 4. The van der Waals surface area contributed by atoms with Crippen molar-refractivity contribution >= 4 is 23.2 Å². The second-order valence-corrected chi connectivity index (χ2v) is 4.97. The number of benzene rings is 2. The fourth-order valence-electron chi connectivity index (χ4n) is 1.80. The maximum Gasteiger partial charge on any atom is 0.194 e. The van der Waals surface area contributed by atoms with Gasteiger partial charge in [-0.3, -0.25) is 0 Å². The van der Waals surface area contributed by atoms with Crippen molar-refractivity contribution in [1.29, 1.82) is 0 Å². The van der Waals surface area contributed by atoms with Crippen LogP contribution < -0.4 is 4.74 Å². The van der Waals surface area contributed by atoms with Crippen LogP contribution in [-0.4, -0.2) is 20.2 Å². The first-order valence-corrected chi connectivity index (χ1v) is 6.91.